The number of anilines is 1. The van der Waals surface area contributed by atoms with Gasteiger partial charge in [-0.05, 0) is 49.9 Å². The van der Waals surface area contributed by atoms with Gasteiger partial charge in [-0.1, -0.05) is 24.3 Å². The zero-order valence-electron chi connectivity index (χ0n) is 18.9. The molecule has 1 aliphatic rings. The van der Waals surface area contributed by atoms with E-state index in [2.05, 4.69) is 29.1 Å². The van der Waals surface area contributed by atoms with Gasteiger partial charge in [-0.3, -0.25) is 0 Å². The van der Waals surface area contributed by atoms with E-state index in [0.717, 1.165) is 65.1 Å². The van der Waals surface area contributed by atoms with Crippen molar-refractivity contribution in [2.24, 2.45) is 0 Å². The van der Waals surface area contributed by atoms with Gasteiger partial charge in [0.05, 0.1) is 17.8 Å². The molecule has 2 aromatic carbocycles. The Morgan fingerprint density at radius 3 is 2.61 bits per heavy atom. The van der Waals surface area contributed by atoms with Crippen LogP contribution in [0.1, 0.15) is 12.5 Å². The number of ether oxygens (including phenoxy) is 1. The SMILES string of the molecule is CCOC(=O)/C=C/c1ccc2nc(N3CCN(C)CC3)c3nn(-c4ccccc4)cc3c2c1. The topological polar surface area (TPSA) is 63.5 Å². The fourth-order valence-electron chi connectivity index (χ4n) is 4.18. The van der Waals surface area contributed by atoms with Gasteiger partial charge >= 0.3 is 5.97 Å². The Bertz CT molecular complexity index is 1320. The molecule has 0 N–H and O–H groups in total. The van der Waals surface area contributed by atoms with Crippen LogP contribution in [-0.4, -0.2) is 65.5 Å². The molecule has 2 aromatic heterocycles. The van der Waals surface area contributed by atoms with Crippen molar-refractivity contribution >= 4 is 39.7 Å². The fourth-order valence-corrected chi connectivity index (χ4v) is 4.18. The van der Waals surface area contributed by atoms with Crippen molar-refractivity contribution in [2.45, 2.75) is 6.92 Å². The van der Waals surface area contributed by atoms with Crippen molar-refractivity contribution in [1.29, 1.82) is 0 Å². The fraction of sp³-hybridized carbons (Fsp3) is 0.269. The maximum Gasteiger partial charge on any atom is 0.330 e. The number of hydrogen-bond donors (Lipinski definition) is 0. The second kappa shape index (κ2) is 9.03. The van der Waals surface area contributed by atoms with Crippen molar-refractivity contribution in [3.63, 3.8) is 0 Å². The number of nitrogens with zero attached hydrogens (tertiary/aromatic N) is 5. The molecule has 3 heterocycles. The Labute approximate surface area is 192 Å². The summed E-state index contributed by atoms with van der Waals surface area (Å²) in [5.41, 5.74) is 3.72. The van der Waals surface area contributed by atoms with E-state index in [-0.39, 0.29) is 5.97 Å². The number of aromatic nitrogens is 3. The van der Waals surface area contributed by atoms with Crippen LogP contribution < -0.4 is 4.90 Å². The van der Waals surface area contributed by atoms with Gasteiger partial charge in [-0.2, -0.15) is 5.10 Å². The van der Waals surface area contributed by atoms with E-state index in [1.807, 2.05) is 47.1 Å². The van der Waals surface area contributed by atoms with E-state index in [9.17, 15) is 4.79 Å². The lowest BCUT2D eigenvalue weighted by Gasteiger charge is -2.33. The van der Waals surface area contributed by atoms with Crippen LogP contribution in [0.5, 0.6) is 0 Å². The lowest BCUT2D eigenvalue weighted by Crippen LogP contribution is -2.44. The lowest BCUT2D eigenvalue weighted by molar-refractivity contribution is -0.137. The highest BCUT2D eigenvalue weighted by atomic mass is 16.5. The minimum atomic E-state index is -0.344. The molecule has 4 aromatic rings. The number of rotatable bonds is 5. The van der Waals surface area contributed by atoms with Gasteiger partial charge in [0.1, 0.15) is 5.52 Å². The standard InChI is InChI=1S/C26H27N5O2/c1-3-33-24(32)12-10-19-9-11-23-21(17-19)22-18-31(20-7-5-4-6-8-20)28-25(22)26(27-23)30-15-13-29(2)14-16-30/h4-12,17-18H,3,13-16H2,1-2H3/b12-10+. The van der Waals surface area contributed by atoms with Crippen molar-refractivity contribution in [3.8, 4) is 5.69 Å². The quantitative estimate of drug-likeness (QED) is 0.346. The molecule has 0 spiro atoms. The number of para-hydroxylation sites is 1. The number of pyridine rings is 1. The van der Waals surface area contributed by atoms with E-state index in [0.29, 0.717) is 6.61 Å². The molecule has 1 saturated heterocycles. The number of hydrogen-bond acceptors (Lipinski definition) is 6. The van der Waals surface area contributed by atoms with Gasteiger partial charge in [0.25, 0.3) is 0 Å². The number of benzene rings is 2. The molecule has 0 bridgehead atoms. The van der Waals surface area contributed by atoms with Gasteiger partial charge in [-0.15, -0.1) is 0 Å². The van der Waals surface area contributed by atoms with Crippen LogP contribution in [0.2, 0.25) is 0 Å². The van der Waals surface area contributed by atoms with E-state index >= 15 is 0 Å². The average Bonchev–Trinajstić information content (AvgIpc) is 3.29. The highest BCUT2D eigenvalue weighted by molar-refractivity contribution is 6.09. The molecule has 0 saturated carbocycles. The molecule has 33 heavy (non-hydrogen) atoms. The van der Waals surface area contributed by atoms with Crippen LogP contribution in [0.25, 0.3) is 33.6 Å². The van der Waals surface area contributed by atoms with Gasteiger partial charge < -0.3 is 14.5 Å². The summed E-state index contributed by atoms with van der Waals surface area (Å²) in [6, 6.07) is 16.2. The molecule has 0 atom stereocenters. The first-order valence-corrected chi connectivity index (χ1v) is 11.3. The number of fused-ring (bicyclic) bond motifs is 3. The zero-order chi connectivity index (χ0) is 22.8. The molecule has 0 unspecified atom stereocenters. The Balaban J connectivity index is 1.65. The van der Waals surface area contributed by atoms with Crippen LogP contribution >= 0.6 is 0 Å². The largest absolute Gasteiger partial charge is 0.463 e. The minimum absolute atomic E-state index is 0.344. The third-order valence-electron chi connectivity index (χ3n) is 5.99. The third-order valence-corrected chi connectivity index (χ3v) is 5.99. The van der Waals surface area contributed by atoms with Crippen LogP contribution in [0, 0.1) is 0 Å². The molecule has 168 valence electrons. The van der Waals surface area contributed by atoms with E-state index < -0.39 is 0 Å². The molecule has 1 aliphatic heterocycles. The summed E-state index contributed by atoms with van der Waals surface area (Å²) in [4.78, 5) is 21.5. The first-order valence-electron chi connectivity index (χ1n) is 11.3. The van der Waals surface area contributed by atoms with E-state index in [4.69, 9.17) is 14.8 Å². The summed E-state index contributed by atoms with van der Waals surface area (Å²) in [6.07, 6.45) is 5.31. The van der Waals surface area contributed by atoms with Crippen LogP contribution in [0.4, 0.5) is 5.82 Å². The van der Waals surface area contributed by atoms with Gasteiger partial charge in [0, 0.05) is 49.2 Å². The number of esters is 1. The van der Waals surface area contributed by atoms with Crippen molar-refractivity contribution in [2.75, 3.05) is 44.7 Å². The highest BCUT2D eigenvalue weighted by Gasteiger charge is 2.21. The zero-order valence-corrected chi connectivity index (χ0v) is 18.9. The molecule has 0 radical (unpaired) electrons. The predicted octanol–water partition coefficient (Wildman–Crippen LogP) is 3.90. The molecular formula is C26H27N5O2. The maximum atomic E-state index is 11.8. The second-order valence-electron chi connectivity index (χ2n) is 8.26. The number of carbonyl (C=O) groups excluding carboxylic acids is 1. The molecule has 5 rings (SSSR count). The van der Waals surface area contributed by atoms with Gasteiger partial charge in [-0.25, -0.2) is 14.5 Å². The first kappa shape index (κ1) is 21.2. The number of piperazine rings is 1. The highest BCUT2D eigenvalue weighted by Crippen LogP contribution is 2.32. The van der Waals surface area contributed by atoms with Crippen LogP contribution in [-0.2, 0) is 9.53 Å². The summed E-state index contributed by atoms with van der Waals surface area (Å²) in [5, 5.41) is 7.02. The predicted molar refractivity (Wildman–Crippen MR) is 132 cm³/mol. The Hall–Kier alpha value is -3.71. The molecule has 7 nitrogen and oxygen atoms in total. The van der Waals surface area contributed by atoms with Crippen molar-refractivity contribution in [1.82, 2.24) is 19.7 Å². The average molecular weight is 442 g/mol. The van der Waals surface area contributed by atoms with E-state index in [1.54, 1.807) is 13.0 Å². The Morgan fingerprint density at radius 1 is 1.06 bits per heavy atom. The van der Waals surface area contributed by atoms with Crippen LogP contribution in [0.15, 0.2) is 60.8 Å². The van der Waals surface area contributed by atoms with Crippen molar-refractivity contribution in [3.05, 3.63) is 66.4 Å². The summed E-state index contributed by atoms with van der Waals surface area (Å²) in [5.74, 6) is 0.582. The van der Waals surface area contributed by atoms with Crippen molar-refractivity contribution < 1.29 is 9.53 Å². The summed E-state index contributed by atoms with van der Waals surface area (Å²) in [7, 11) is 2.15. The third kappa shape index (κ3) is 4.32. The monoisotopic (exact) mass is 441 g/mol. The minimum Gasteiger partial charge on any atom is -0.463 e. The number of carbonyl (C=O) groups is 1. The molecule has 7 heteroatoms. The van der Waals surface area contributed by atoms with E-state index in [1.165, 1.54) is 6.08 Å². The summed E-state index contributed by atoms with van der Waals surface area (Å²) >= 11 is 0. The molecule has 0 amide bonds. The summed E-state index contributed by atoms with van der Waals surface area (Å²) < 4.78 is 6.93. The molecule has 1 fully saturated rings. The maximum absolute atomic E-state index is 11.8. The molecule has 0 aliphatic carbocycles. The Kier molecular flexibility index (Phi) is 5.79. The second-order valence-corrected chi connectivity index (χ2v) is 8.26. The summed E-state index contributed by atoms with van der Waals surface area (Å²) in [6.45, 7) is 5.99. The van der Waals surface area contributed by atoms with Gasteiger partial charge in [0.2, 0.25) is 0 Å². The lowest BCUT2D eigenvalue weighted by atomic mass is 10.1. The Morgan fingerprint density at radius 2 is 1.85 bits per heavy atom. The van der Waals surface area contributed by atoms with Gasteiger partial charge in [0.15, 0.2) is 5.82 Å². The normalized spacial score (nSPS) is 15.0. The molecular weight excluding hydrogens is 414 g/mol. The van der Waals surface area contributed by atoms with Crippen LogP contribution in [0.3, 0.4) is 0 Å². The first-order chi connectivity index (χ1) is 16.1. The smallest absolute Gasteiger partial charge is 0.330 e. The number of likely N-dealkylation sites (N-methyl/N-ethyl adjacent to an activating group) is 1.